The van der Waals surface area contributed by atoms with E-state index in [1.807, 2.05) is 6.92 Å². The van der Waals surface area contributed by atoms with Crippen LogP contribution in [0.3, 0.4) is 0 Å². The number of guanidine groups is 1. The van der Waals surface area contributed by atoms with E-state index in [9.17, 15) is 13.0 Å². The van der Waals surface area contributed by atoms with Crippen LogP contribution in [-0.4, -0.2) is 34.3 Å². The summed E-state index contributed by atoms with van der Waals surface area (Å²) in [5.74, 6) is -0.388. The van der Waals surface area contributed by atoms with Gasteiger partial charge >= 0.3 is 0 Å². The molecule has 3 atom stereocenters. The summed E-state index contributed by atoms with van der Waals surface area (Å²) in [4.78, 5) is 4.18. The number of nitrogens with zero attached hydrogens (tertiary/aromatic N) is 1. The average molecular weight is 357 g/mol. The first-order valence-electron chi connectivity index (χ1n) is 8.31. The quantitative estimate of drug-likeness (QED) is 0.629. The van der Waals surface area contributed by atoms with Gasteiger partial charge in [-0.2, -0.15) is 0 Å². The number of benzene rings is 1. The minimum atomic E-state index is -0.852. The van der Waals surface area contributed by atoms with Gasteiger partial charge in [0.1, 0.15) is 0 Å². The zero-order valence-electron chi connectivity index (χ0n) is 14.1. The lowest BCUT2D eigenvalue weighted by Gasteiger charge is -2.30. The highest BCUT2D eigenvalue weighted by molar-refractivity contribution is 7.85. The molecule has 1 aromatic carbocycles. The van der Waals surface area contributed by atoms with Crippen LogP contribution in [0.2, 0.25) is 0 Å². The SMILES string of the molecule is CCS(=O)C1CCCC(NC(=NC)NCc2ccc(F)c(F)c2)C1. The smallest absolute Gasteiger partial charge is 0.191 e. The summed E-state index contributed by atoms with van der Waals surface area (Å²) in [7, 11) is 0.905. The van der Waals surface area contributed by atoms with Gasteiger partial charge in [0.2, 0.25) is 0 Å². The third-order valence-electron chi connectivity index (χ3n) is 4.29. The molecule has 1 aromatic rings. The lowest BCUT2D eigenvalue weighted by Crippen LogP contribution is -2.46. The Labute approximate surface area is 144 Å². The largest absolute Gasteiger partial charge is 0.354 e. The molecule has 2 rings (SSSR count). The fraction of sp³-hybridized carbons (Fsp3) is 0.588. The molecule has 4 nitrogen and oxygen atoms in total. The molecule has 134 valence electrons. The van der Waals surface area contributed by atoms with Crippen LogP contribution in [0.1, 0.15) is 38.2 Å². The van der Waals surface area contributed by atoms with E-state index >= 15 is 0 Å². The van der Waals surface area contributed by atoms with Crippen LogP contribution in [0.25, 0.3) is 0 Å². The van der Waals surface area contributed by atoms with Crippen molar-refractivity contribution in [3.63, 3.8) is 0 Å². The predicted octanol–water partition coefficient (Wildman–Crippen LogP) is 2.71. The Morgan fingerprint density at radius 3 is 2.79 bits per heavy atom. The number of nitrogens with one attached hydrogen (secondary N) is 2. The molecule has 7 heteroatoms. The summed E-state index contributed by atoms with van der Waals surface area (Å²) in [5.41, 5.74) is 0.644. The molecule has 1 fully saturated rings. The van der Waals surface area contributed by atoms with Crippen molar-refractivity contribution < 1.29 is 13.0 Å². The second-order valence-electron chi connectivity index (χ2n) is 5.97. The molecule has 0 amide bonds. The van der Waals surface area contributed by atoms with E-state index in [-0.39, 0.29) is 11.3 Å². The minimum Gasteiger partial charge on any atom is -0.354 e. The summed E-state index contributed by atoms with van der Waals surface area (Å²) < 4.78 is 38.2. The second kappa shape index (κ2) is 9.11. The molecule has 24 heavy (non-hydrogen) atoms. The molecule has 1 aliphatic rings. The molecule has 2 N–H and O–H groups in total. The summed E-state index contributed by atoms with van der Waals surface area (Å²) in [5, 5.41) is 6.70. The maximum atomic E-state index is 13.2. The first-order chi connectivity index (χ1) is 11.5. The van der Waals surface area contributed by atoms with Crippen molar-refractivity contribution in [1.29, 1.82) is 0 Å². The van der Waals surface area contributed by atoms with E-state index in [2.05, 4.69) is 15.6 Å². The Morgan fingerprint density at radius 2 is 2.12 bits per heavy atom. The number of halogens is 2. The Morgan fingerprint density at radius 1 is 1.33 bits per heavy atom. The van der Waals surface area contributed by atoms with Gasteiger partial charge in [0.15, 0.2) is 17.6 Å². The van der Waals surface area contributed by atoms with Crippen LogP contribution in [0.4, 0.5) is 8.78 Å². The van der Waals surface area contributed by atoms with E-state index < -0.39 is 22.4 Å². The normalized spacial score (nSPS) is 22.9. The Kier molecular flexibility index (Phi) is 7.15. The number of hydrogen-bond acceptors (Lipinski definition) is 2. The molecule has 1 saturated carbocycles. The van der Waals surface area contributed by atoms with Crippen molar-refractivity contribution in [1.82, 2.24) is 10.6 Å². The van der Waals surface area contributed by atoms with E-state index in [1.54, 1.807) is 13.1 Å². The number of rotatable bonds is 5. The number of aliphatic imine (C=N–C) groups is 1. The molecule has 0 spiro atoms. The van der Waals surface area contributed by atoms with Crippen LogP contribution in [-0.2, 0) is 17.3 Å². The molecule has 0 radical (unpaired) electrons. The van der Waals surface area contributed by atoms with Crippen LogP contribution in [0.5, 0.6) is 0 Å². The van der Waals surface area contributed by atoms with E-state index in [1.165, 1.54) is 6.07 Å². The number of hydrogen-bond donors (Lipinski definition) is 2. The molecule has 0 bridgehead atoms. The van der Waals surface area contributed by atoms with Gasteiger partial charge in [0.25, 0.3) is 0 Å². The van der Waals surface area contributed by atoms with Crippen LogP contribution >= 0.6 is 0 Å². The second-order valence-corrected chi connectivity index (χ2v) is 7.98. The highest BCUT2D eigenvalue weighted by Gasteiger charge is 2.25. The van der Waals surface area contributed by atoms with Crippen molar-refractivity contribution in [2.75, 3.05) is 12.8 Å². The van der Waals surface area contributed by atoms with E-state index in [0.717, 1.165) is 31.7 Å². The van der Waals surface area contributed by atoms with Crippen LogP contribution in [0, 0.1) is 11.6 Å². The fourth-order valence-corrected chi connectivity index (χ4v) is 4.32. The van der Waals surface area contributed by atoms with Gasteiger partial charge in [-0.1, -0.05) is 19.4 Å². The van der Waals surface area contributed by atoms with Crippen molar-refractivity contribution in [3.8, 4) is 0 Å². The summed E-state index contributed by atoms with van der Waals surface area (Å²) >= 11 is 0. The maximum absolute atomic E-state index is 13.2. The zero-order chi connectivity index (χ0) is 17.5. The average Bonchev–Trinajstić information content (AvgIpc) is 2.61. The minimum absolute atomic E-state index is 0.232. The summed E-state index contributed by atoms with van der Waals surface area (Å²) in [6.45, 7) is 2.31. The zero-order valence-corrected chi connectivity index (χ0v) is 15.0. The highest BCUT2D eigenvalue weighted by atomic mass is 32.2. The Hall–Kier alpha value is -1.50. The lowest BCUT2D eigenvalue weighted by atomic mass is 9.95. The van der Waals surface area contributed by atoms with Gasteiger partial charge in [0.05, 0.1) is 0 Å². The molecule has 0 aromatic heterocycles. The van der Waals surface area contributed by atoms with Gasteiger partial charge in [0, 0.05) is 41.4 Å². The fourth-order valence-electron chi connectivity index (χ4n) is 2.97. The predicted molar refractivity (Wildman–Crippen MR) is 94.4 cm³/mol. The van der Waals surface area contributed by atoms with Gasteiger partial charge in [-0.25, -0.2) is 8.78 Å². The van der Waals surface area contributed by atoms with Gasteiger partial charge < -0.3 is 10.6 Å². The van der Waals surface area contributed by atoms with E-state index in [4.69, 9.17) is 0 Å². The third-order valence-corrected chi connectivity index (χ3v) is 6.03. The molecule has 0 heterocycles. The Balaban J connectivity index is 1.87. The Bertz CT molecular complexity index is 609. The molecule has 0 saturated heterocycles. The first kappa shape index (κ1) is 18.8. The van der Waals surface area contributed by atoms with Crippen LogP contribution < -0.4 is 10.6 Å². The molecule has 0 aliphatic heterocycles. The summed E-state index contributed by atoms with van der Waals surface area (Å²) in [6.07, 6.45) is 3.95. The van der Waals surface area contributed by atoms with Gasteiger partial charge in [-0.15, -0.1) is 0 Å². The van der Waals surface area contributed by atoms with Crippen molar-refractivity contribution >= 4 is 16.8 Å². The topological polar surface area (TPSA) is 53.5 Å². The molecule has 1 aliphatic carbocycles. The maximum Gasteiger partial charge on any atom is 0.191 e. The van der Waals surface area contributed by atoms with Crippen molar-refractivity contribution in [3.05, 3.63) is 35.4 Å². The van der Waals surface area contributed by atoms with Gasteiger partial charge in [-0.3, -0.25) is 9.20 Å². The van der Waals surface area contributed by atoms with Crippen LogP contribution in [0.15, 0.2) is 23.2 Å². The summed E-state index contributed by atoms with van der Waals surface area (Å²) in [6, 6.07) is 4.07. The van der Waals surface area contributed by atoms with E-state index in [0.29, 0.717) is 23.8 Å². The van der Waals surface area contributed by atoms with Crippen molar-refractivity contribution in [2.45, 2.75) is 50.4 Å². The molecular formula is C17H25F2N3OS. The highest BCUT2D eigenvalue weighted by Crippen LogP contribution is 2.23. The standard InChI is InChI=1S/C17H25F2N3OS/c1-3-24(23)14-6-4-5-13(10-14)22-17(20-2)21-11-12-7-8-15(18)16(19)9-12/h7-9,13-14H,3-6,10-11H2,1-2H3,(H2,20,21,22). The monoisotopic (exact) mass is 357 g/mol. The first-order valence-corrected chi connectivity index (χ1v) is 9.70. The molecular weight excluding hydrogens is 332 g/mol. The van der Waals surface area contributed by atoms with Crippen molar-refractivity contribution in [2.24, 2.45) is 4.99 Å². The third kappa shape index (κ3) is 5.26. The molecule has 3 unspecified atom stereocenters. The lowest BCUT2D eigenvalue weighted by molar-refractivity contribution is 0.413. The van der Waals surface area contributed by atoms with Gasteiger partial charge in [-0.05, 0) is 37.0 Å².